The lowest BCUT2D eigenvalue weighted by atomic mass is 11.3. The molecule has 0 saturated carbocycles. The van der Waals surface area contributed by atoms with Crippen molar-refractivity contribution in [2.75, 3.05) is 0 Å². The quantitative estimate of drug-likeness (QED) is 0.545. The fourth-order valence-electron chi connectivity index (χ4n) is 0.0638. The maximum Gasteiger partial charge on any atom is 0.446 e. The van der Waals surface area contributed by atoms with E-state index in [1.54, 1.807) is 0 Å². The Bertz CT molecular complexity index is 184. The van der Waals surface area contributed by atoms with E-state index in [-0.39, 0.29) is 12.4 Å². The van der Waals surface area contributed by atoms with Crippen molar-refractivity contribution < 1.29 is 18.3 Å². The van der Waals surface area contributed by atoms with Crippen molar-refractivity contribution in [3.05, 3.63) is 0 Å². The topological polar surface area (TPSA) is 83.8 Å². The Balaban J connectivity index is 0. The van der Waals surface area contributed by atoms with Gasteiger partial charge < -0.3 is 5.11 Å². The minimum Gasteiger partial charge on any atom is -0.463 e. The second-order valence-electron chi connectivity index (χ2n) is 0.591. The zero-order valence-electron chi connectivity index (χ0n) is 3.44. The normalized spacial score (nSPS) is 6.50. The van der Waals surface area contributed by atoms with Crippen molar-refractivity contribution in [1.82, 2.24) is 0 Å². The fourth-order valence-corrected chi connectivity index (χ4v) is 0.191. The maximum absolute atomic E-state index is 9.26. The molecule has 48 valence electrons. The third-order valence-electron chi connectivity index (χ3n) is 0.153. The molecule has 0 aromatic heterocycles. The van der Waals surface area contributed by atoms with E-state index in [9.17, 15) is 13.2 Å². The molecule has 0 aromatic rings. The molecule has 7 heteroatoms. The van der Waals surface area contributed by atoms with Crippen molar-refractivity contribution in [1.29, 1.82) is 0 Å². The van der Waals surface area contributed by atoms with Gasteiger partial charge in [0, 0.05) is 0 Å². The van der Waals surface area contributed by atoms with Crippen LogP contribution in [0.1, 0.15) is 0 Å². The van der Waals surface area contributed by atoms with Gasteiger partial charge in [0.25, 0.3) is 0 Å². The summed E-state index contributed by atoms with van der Waals surface area (Å²) in [6.45, 7) is 0. The summed E-state index contributed by atoms with van der Waals surface area (Å²) in [5.41, 5.74) is 0. The average Bonchev–Trinajstić information content (AvgIpc) is 1.27. The van der Waals surface area contributed by atoms with Crippen molar-refractivity contribution >= 4 is 29.0 Å². The molecule has 0 aliphatic carbocycles. The lowest BCUT2D eigenvalue weighted by molar-refractivity contribution is 0.206. The van der Waals surface area contributed by atoms with Gasteiger partial charge >= 0.3 is 16.6 Å². The fraction of sp³-hybridized carbons (Fsp3) is 0. The number of hydrogen-bond acceptors (Lipinski definition) is 3. The lowest BCUT2D eigenvalue weighted by Gasteiger charge is -1.62. The molecule has 0 atom stereocenters. The molecule has 0 bridgehead atoms. The first-order valence-electron chi connectivity index (χ1n) is 1.17. The minimum absolute atomic E-state index is 0. The molecular formula is CH2ClNO4S. The van der Waals surface area contributed by atoms with Gasteiger partial charge in [-0.05, 0) is 0 Å². The van der Waals surface area contributed by atoms with Crippen LogP contribution in [0.15, 0.2) is 4.36 Å². The van der Waals surface area contributed by atoms with E-state index >= 15 is 0 Å². The smallest absolute Gasteiger partial charge is 0.446 e. The first-order valence-corrected chi connectivity index (χ1v) is 2.20. The van der Waals surface area contributed by atoms with Gasteiger partial charge in [0.05, 0.1) is 0 Å². The van der Waals surface area contributed by atoms with E-state index in [2.05, 4.69) is 4.36 Å². The summed E-state index contributed by atoms with van der Waals surface area (Å²) in [5, 5.41) is 7.52. The number of carbonyl (C=O) groups is 1. The largest absolute Gasteiger partial charge is 0.463 e. The van der Waals surface area contributed by atoms with Crippen LogP contribution in [0.2, 0.25) is 0 Å². The molecule has 0 aliphatic rings. The van der Waals surface area contributed by atoms with E-state index in [1.807, 2.05) is 0 Å². The summed E-state index contributed by atoms with van der Waals surface area (Å²) in [7, 11) is -2.82. The molecule has 0 aliphatic heterocycles. The summed E-state index contributed by atoms with van der Waals surface area (Å²) in [5.74, 6) is 0. The van der Waals surface area contributed by atoms with E-state index in [0.29, 0.717) is 0 Å². The number of hydrogen-bond donors (Lipinski definition) is 1. The van der Waals surface area contributed by atoms with Crippen molar-refractivity contribution in [2.24, 2.45) is 4.36 Å². The Morgan fingerprint density at radius 2 is 1.88 bits per heavy atom. The summed E-state index contributed by atoms with van der Waals surface area (Å²) < 4.78 is 20.6. The Labute approximate surface area is 52.4 Å². The molecule has 1 amide bonds. The summed E-state index contributed by atoms with van der Waals surface area (Å²) in [4.78, 5) is 9.25. The van der Waals surface area contributed by atoms with Crippen LogP contribution in [0.5, 0.6) is 0 Å². The summed E-state index contributed by atoms with van der Waals surface area (Å²) in [6.07, 6.45) is -1.70. The van der Waals surface area contributed by atoms with Crippen molar-refractivity contribution in [3.8, 4) is 0 Å². The van der Waals surface area contributed by atoms with Crippen molar-refractivity contribution in [2.45, 2.75) is 0 Å². The Kier molecular flexibility index (Phi) is 5.89. The number of amides is 1. The predicted molar refractivity (Wildman–Crippen MR) is 26.6 cm³/mol. The van der Waals surface area contributed by atoms with Crippen LogP contribution in [0.25, 0.3) is 0 Å². The summed E-state index contributed by atoms with van der Waals surface area (Å²) in [6, 6.07) is 0. The van der Waals surface area contributed by atoms with Crippen LogP contribution < -0.4 is 0 Å². The van der Waals surface area contributed by atoms with Gasteiger partial charge in [0.2, 0.25) is 0 Å². The molecule has 0 aromatic carbocycles. The Hall–Kier alpha value is -0.620. The van der Waals surface area contributed by atoms with Crippen LogP contribution in [0.3, 0.4) is 0 Å². The zero-order valence-corrected chi connectivity index (χ0v) is 5.07. The monoisotopic (exact) mass is 159 g/mol. The second-order valence-corrected chi connectivity index (χ2v) is 1.21. The number of rotatable bonds is 0. The Morgan fingerprint density at radius 1 is 1.50 bits per heavy atom. The van der Waals surface area contributed by atoms with Gasteiger partial charge in [0.15, 0.2) is 0 Å². The first kappa shape index (κ1) is 10.4. The van der Waals surface area contributed by atoms with Gasteiger partial charge in [-0.15, -0.1) is 12.4 Å². The molecule has 0 unspecified atom stereocenters. The molecule has 0 rings (SSSR count). The van der Waals surface area contributed by atoms with E-state index in [0.717, 1.165) is 0 Å². The first-order chi connectivity index (χ1) is 3.13. The molecular weight excluding hydrogens is 158 g/mol. The van der Waals surface area contributed by atoms with Crippen LogP contribution in [-0.2, 0) is 10.5 Å². The molecule has 1 N–H and O–H groups in total. The van der Waals surface area contributed by atoms with E-state index < -0.39 is 16.6 Å². The van der Waals surface area contributed by atoms with Gasteiger partial charge in [-0.3, -0.25) is 0 Å². The van der Waals surface area contributed by atoms with Gasteiger partial charge in [-0.2, -0.15) is 8.42 Å². The second kappa shape index (κ2) is 4.54. The van der Waals surface area contributed by atoms with Crippen LogP contribution in [0.4, 0.5) is 4.79 Å². The highest BCUT2D eigenvalue weighted by atomic mass is 35.5. The molecule has 0 saturated heterocycles. The standard InChI is InChI=1S/CHNO4S.ClH/c3-1(4)2-7(5)6;/h(H,3,4);1H. The third-order valence-corrected chi connectivity index (χ3v) is 0.458. The lowest BCUT2D eigenvalue weighted by Crippen LogP contribution is -1.80. The molecule has 0 heterocycles. The SMILES string of the molecule is Cl.O=C(O)N=S(=O)=O. The highest BCUT2D eigenvalue weighted by Gasteiger charge is 1.84. The maximum atomic E-state index is 9.26. The van der Waals surface area contributed by atoms with Gasteiger partial charge in [-0.1, -0.05) is 4.36 Å². The minimum atomic E-state index is -2.82. The molecule has 0 radical (unpaired) electrons. The van der Waals surface area contributed by atoms with E-state index in [4.69, 9.17) is 5.11 Å². The predicted octanol–water partition coefficient (Wildman–Crippen LogP) is 0.149. The number of nitrogens with zero attached hydrogens (tertiary/aromatic N) is 1. The van der Waals surface area contributed by atoms with Crippen LogP contribution >= 0.6 is 12.4 Å². The zero-order chi connectivity index (χ0) is 5.86. The highest BCUT2D eigenvalue weighted by Crippen LogP contribution is 1.65. The highest BCUT2D eigenvalue weighted by molar-refractivity contribution is 7.62. The molecule has 8 heavy (non-hydrogen) atoms. The van der Waals surface area contributed by atoms with Crippen LogP contribution in [0, 0.1) is 0 Å². The third kappa shape index (κ3) is 9.03. The number of carboxylic acid groups (broad SMARTS) is 1. The Morgan fingerprint density at radius 3 is 1.88 bits per heavy atom. The van der Waals surface area contributed by atoms with Crippen LogP contribution in [-0.4, -0.2) is 19.6 Å². The van der Waals surface area contributed by atoms with E-state index in [1.165, 1.54) is 0 Å². The summed E-state index contributed by atoms with van der Waals surface area (Å²) >= 11 is 0. The molecule has 5 nitrogen and oxygen atoms in total. The average molecular weight is 160 g/mol. The number of halogens is 1. The molecule has 0 fully saturated rings. The van der Waals surface area contributed by atoms with Gasteiger partial charge in [0.1, 0.15) is 0 Å². The van der Waals surface area contributed by atoms with Crippen molar-refractivity contribution in [3.63, 3.8) is 0 Å². The van der Waals surface area contributed by atoms with Gasteiger partial charge in [-0.25, -0.2) is 4.79 Å². The molecule has 0 spiro atoms.